The summed E-state index contributed by atoms with van der Waals surface area (Å²) in [6, 6.07) is 1.29. The van der Waals surface area contributed by atoms with Gasteiger partial charge in [0.25, 0.3) is 5.91 Å². The van der Waals surface area contributed by atoms with Crippen LogP contribution in [0.25, 0.3) is 0 Å². The number of morpholine rings is 1. The van der Waals surface area contributed by atoms with Crippen LogP contribution in [0.5, 0.6) is 0 Å². The van der Waals surface area contributed by atoms with Crippen molar-refractivity contribution in [2.24, 2.45) is 0 Å². The lowest BCUT2D eigenvalue weighted by Gasteiger charge is -2.32. The monoisotopic (exact) mass is 254 g/mol. The number of pyridine rings is 1. The Morgan fingerprint density at radius 2 is 2.33 bits per heavy atom. The lowest BCUT2D eigenvalue weighted by Crippen LogP contribution is -2.52. The number of carboxylic acid groups (broad SMARTS) is 1. The predicted octanol–water partition coefficient (Wildman–Crippen LogP) is 0.146. The van der Waals surface area contributed by atoms with E-state index in [0.29, 0.717) is 0 Å². The Bertz CT molecular complexity index is 480. The van der Waals surface area contributed by atoms with Crippen molar-refractivity contribution in [3.05, 3.63) is 29.8 Å². The van der Waals surface area contributed by atoms with Gasteiger partial charge in [0.1, 0.15) is 0 Å². The van der Waals surface area contributed by atoms with Crippen molar-refractivity contribution in [1.29, 1.82) is 0 Å². The Balaban J connectivity index is 2.23. The van der Waals surface area contributed by atoms with Crippen LogP contribution in [0.4, 0.5) is 4.39 Å². The van der Waals surface area contributed by atoms with Crippen LogP contribution >= 0.6 is 0 Å². The van der Waals surface area contributed by atoms with Gasteiger partial charge in [0.15, 0.2) is 6.04 Å². The fourth-order valence-corrected chi connectivity index (χ4v) is 1.75. The number of amides is 1. The number of ether oxygens (including phenoxy) is 1. The van der Waals surface area contributed by atoms with Crippen molar-refractivity contribution in [1.82, 2.24) is 9.88 Å². The molecule has 1 aromatic heterocycles. The number of carbonyl (C=O) groups is 2. The van der Waals surface area contributed by atoms with Gasteiger partial charge in [-0.1, -0.05) is 0 Å². The van der Waals surface area contributed by atoms with E-state index in [1.807, 2.05) is 0 Å². The average Bonchev–Trinajstić information content (AvgIpc) is 2.38. The minimum absolute atomic E-state index is 0.0609. The largest absolute Gasteiger partial charge is 0.480 e. The van der Waals surface area contributed by atoms with Crippen molar-refractivity contribution in [3.63, 3.8) is 0 Å². The Labute approximate surface area is 102 Å². The van der Waals surface area contributed by atoms with E-state index in [2.05, 4.69) is 4.98 Å². The van der Waals surface area contributed by atoms with E-state index in [1.165, 1.54) is 17.2 Å². The number of halogens is 1. The lowest BCUT2D eigenvalue weighted by atomic mass is 10.1. The lowest BCUT2D eigenvalue weighted by molar-refractivity contribution is -0.147. The molecule has 1 atom stereocenters. The number of hydrogen-bond donors (Lipinski definition) is 1. The molecule has 1 amide bonds. The molecule has 1 aromatic rings. The number of rotatable bonds is 2. The zero-order chi connectivity index (χ0) is 13.1. The molecule has 0 aromatic carbocycles. The van der Waals surface area contributed by atoms with Gasteiger partial charge in [-0.25, -0.2) is 9.78 Å². The number of aliphatic carboxylic acids is 1. The minimum atomic E-state index is -1.14. The van der Waals surface area contributed by atoms with Gasteiger partial charge in [-0.3, -0.25) is 4.79 Å². The molecule has 7 heteroatoms. The maximum Gasteiger partial charge on any atom is 0.328 e. The van der Waals surface area contributed by atoms with Crippen LogP contribution < -0.4 is 0 Å². The van der Waals surface area contributed by atoms with Gasteiger partial charge in [0.05, 0.1) is 13.2 Å². The van der Waals surface area contributed by atoms with E-state index in [9.17, 15) is 14.0 Å². The third-order valence-corrected chi connectivity index (χ3v) is 2.65. The molecule has 0 saturated carbocycles. The third kappa shape index (κ3) is 2.45. The number of hydrogen-bond acceptors (Lipinski definition) is 4. The molecule has 2 heterocycles. The first-order valence-corrected chi connectivity index (χ1v) is 5.32. The maximum atomic E-state index is 12.9. The fraction of sp³-hybridized carbons (Fsp3) is 0.364. The Morgan fingerprint density at radius 1 is 1.56 bits per heavy atom. The first kappa shape index (κ1) is 12.4. The summed E-state index contributed by atoms with van der Waals surface area (Å²) in [4.78, 5) is 27.6. The number of carbonyl (C=O) groups excluding carboxylic acids is 1. The van der Waals surface area contributed by atoms with Crippen molar-refractivity contribution in [3.8, 4) is 0 Å². The van der Waals surface area contributed by atoms with E-state index >= 15 is 0 Å². The smallest absolute Gasteiger partial charge is 0.328 e. The molecule has 0 bridgehead atoms. The molecule has 0 radical (unpaired) electrons. The van der Waals surface area contributed by atoms with Gasteiger partial charge in [-0.05, 0) is 6.07 Å². The molecule has 1 fully saturated rings. The number of nitrogens with zero attached hydrogens (tertiary/aromatic N) is 2. The van der Waals surface area contributed by atoms with Gasteiger partial charge < -0.3 is 14.7 Å². The second-order valence-electron chi connectivity index (χ2n) is 3.79. The molecule has 0 aliphatic carbocycles. The molecule has 18 heavy (non-hydrogen) atoms. The van der Waals surface area contributed by atoms with Crippen molar-refractivity contribution in [2.45, 2.75) is 6.04 Å². The third-order valence-electron chi connectivity index (χ3n) is 2.65. The zero-order valence-corrected chi connectivity index (χ0v) is 9.38. The first-order chi connectivity index (χ1) is 8.59. The van der Waals surface area contributed by atoms with Crippen LogP contribution in [0.1, 0.15) is 10.4 Å². The Kier molecular flexibility index (Phi) is 3.52. The summed E-state index contributed by atoms with van der Waals surface area (Å²) >= 11 is 0. The topological polar surface area (TPSA) is 79.7 Å². The summed E-state index contributed by atoms with van der Waals surface area (Å²) in [6.07, 6.45) is 1.17. The second-order valence-corrected chi connectivity index (χ2v) is 3.79. The minimum Gasteiger partial charge on any atom is -0.480 e. The van der Waals surface area contributed by atoms with Crippen LogP contribution in [-0.2, 0) is 9.53 Å². The van der Waals surface area contributed by atoms with E-state index in [-0.39, 0.29) is 25.3 Å². The maximum absolute atomic E-state index is 12.9. The quantitative estimate of drug-likeness (QED) is 0.760. The van der Waals surface area contributed by atoms with Crippen molar-refractivity contribution in [2.75, 3.05) is 19.8 Å². The number of carboxylic acids is 1. The van der Waals surface area contributed by atoms with Gasteiger partial charge in [-0.2, -0.15) is 4.39 Å². The molecule has 1 unspecified atom stereocenters. The second kappa shape index (κ2) is 5.09. The van der Waals surface area contributed by atoms with Crippen LogP contribution in [0.15, 0.2) is 18.3 Å². The predicted molar refractivity (Wildman–Crippen MR) is 57.5 cm³/mol. The SMILES string of the molecule is O=C(O)C1COCCN1C(=O)c1ccnc(F)c1. The van der Waals surface area contributed by atoms with Gasteiger partial charge in [0, 0.05) is 24.4 Å². The first-order valence-electron chi connectivity index (χ1n) is 5.32. The number of aromatic nitrogens is 1. The highest BCUT2D eigenvalue weighted by molar-refractivity contribution is 5.96. The van der Waals surface area contributed by atoms with E-state index in [0.717, 1.165) is 6.07 Å². The Hall–Kier alpha value is -2.02. The molecular formula is C11H11FN2O4. The fourth-order valence-electron chi connectivity index (χ4n) is 1.75. The van der Waals surface area contributed by atoms with Crippen molar-refractivity contribution >= 4 is 11.9 Å². The molecule has 96 valence electrons. The van der Waals surface area contributed by atoms with Gasteiger partial charge in [0.2, 0.25) is 5.95 Å². The summed E-state index contributed by atoms with van der Waals surface area (Å²) < 4.78 is 17.9. The molecule has 0 spiro atoms. The average molecular weight is 254 g/mol. The van der Waals surface area contributed by atoms with E-state index in [1.54, 1.807) is 0 Å². The van der Waals surface area contributed by atoms with Crippen LogP contribution in [-0.4, -0.2) is 52.7 Å². The molecule has 1 aliphatic heterocycles. The van der Waals surface area contributed by atoms with E-state index < -0.39 is 23.9 Å². The summed E-state index contributed by atoms with van der Waals surface area (Å²) in [5.74, 6) is -2.45. The van der Waals surface area contributed by atoms with E-state index in [4.69, 9.17) is 9.84 Å². The van der Waals surface area contributed by atoms with Crippen LogP contribution in [0.2, 0.25) is 0 Å². The Morgan fingerprint density at radius 3 is 3.00 bits per heavy atom. The van der Waals surface area contributed by atoms with Gasteiger partial charge in [-0.15, -0.1) is 0 Å². The summed E-state index contributed by atoms with van der Waals surface area (Å²) in [5, 5.41) is 9.00. The van der Waals surface area contributed by atoms with Crippen molar-refractivity contribution < 1.29 is 23.8 Å². The molecule has 1 aliphatic rings. The van der Waals surface area contributed by atoms with Crippen LogP contribution in [0.3, 0.4) is 0 Å². The zero-order valence-electron chi connectivity index (χ0n) is 9.38. The molecule has 1 saturated heterocycles. The molecular weight excluding hydrogens is 243 g/mol. The summed E-state index contributed by atoms with van der Waals surface area (Å²) in [5.41, 5.74) is 0.0793. The standard InChI is InChI=1S/C11H11FN2O4/c12-9-5-7(1-2-13-9)10(15)14-3-4-18-6-8(14)11(16)17/h1-2,5,8H,3-4,6H2,(H,16,17). The molecule has 6 nitrogen and oxygen atoms in total. The summed E-state index contributed by atoms with van der Waals surface area (Å²) in [6.45, 7) is 0.372. The molecule has 2 rings (SSSR count). The molecule has 1 N–H and O–H groups in total. The van der Waals surface area contributed by atoms with Crippen LogP contribution in [0, 0.1) is 5.95 Å². The van der Waals surface area contributed by atoms with Gasteiger partial charge >= 0.3 is 5.97 Å². The highest BCUT2D eigenvalue weighted by Crippen LogP contribution is 2.13. The normalized spacial score (nSPS) is 19.6. The highest BCUT2D eigenvalue weighted by atomic mass is 19.1. The highest BCUT2D eigenvalue weighted by Gasteiger charge is 2.33. The summed E-state index contributed by atoms with van der Waals surface area (Å²) in [7, 11) is 0.